The van der Waals surface area contributed by atoms with Crippen LogP contribution in [-0.2, 0) is 0 Å². The van der Waals surface area contributed by atoms with E-state index in [1.54, 1.807) is 12.1 Å². The Kier molecular flexibility index (Phi) is 4.53. The molecule has 0 saturated carbocycles. The van der Waals surface area contributed by atoms with Gasteiger partial charge in [-0.1, -0.05) is 6.92 Å². The summed E-state index contributed by atoms with van der Waals surface area (Å²) in [4.78, 5) is 2.27. The molecule has 0 radical (unpaired) electrons. The molecule has 0 spiro atoms. The number of piperidine rings is 1. The van der Waals surface area contributed by atoms with E-state index >= 15 is 0 Å². The standard InChI is InChI=1S/C14H19FN2S/c1-2-13-5-3-4-10-17(13)14(18)16-12-8-6-11(15)7-9-12/h6-9,13H,2-5,10H2,1H3,(H,16,18)/t13-/m0/s1. The molecule has 1 aliphatic heterocycles. The van der Waals surface area contributed by atoms with E-state index < -0.39 is 0 Å². The van der Waals surface area contributed by atoms with E-state index in [0.29, 0.717) is 6.04 Å². The number of anilines is 1. The number of likely N-dealkylation sites (tertiary alicyclic amines) is 1. The van der Waals surface area contributed by atoms with Crippen LogP contribution in [0.4, 0.5) is 10.1 Å². The van der Waals surface area contributed by atoms with Crippen molar-refractivity contribution in [2.45, 2.75) is 38.6 Å². The second-order valence-electron chi connectivity index (χ2n) is 4.69. The number of halogens is 1. The van der Waals surface area contributed by atoms with Gasteiger partial charge in [-0.05, 0) is 62.2 Å². The van der Waals surface area contributed by atoms with Gasteiger partial charge in [0.1, 0.15) is 5.82 Å². The number of thiocarbonyl (C=S) groups is 1. The SMILES string of the molecule is CC[C@H]1CCCCN1C(=S)Nc1ccc(F)cc1. The molecule has 1 atom stereocenters. The molecule has 1 saturated heterocycles. The van der Waals surface area contributed by atoms with Gasteiger partial charge in [0.15, 0.2) is 5.11 Å². The molecule has 0 aromatic heterocycles. The van der Waals surface area contributed by atoms with Crippen molar-refractivity contribution in [1.82, 2.24) is 4.90 Å². The van der Waals surface area contributed by atoms with Crippen LogP contribution in [0.1, 0.15) is 32.6 Å². The Hall–Kier alpha value is -1.16. The summed E-state index contributed by atoms with van der Waals surface area (Å²) >= 11 is 5.45. The Labute approximate surface area is 113 Å². The van der Waals surface area contributed by atoms with Gasteiger partial charge in [0.2, 0.25) is 0 Å². The van der Waals surface area contributed by atoms with Crippen molar-refractivity contribution in [3.8, 4) is 0 Å². The average molecular weight is 266 g/mol. The normalized spacial score (nSPS) is 19.7. The second kappa shape index (κ2) is 6.14. The molecule has 1 aromatic rings. The third-order valence-electron chi connectivity index (χ3n) is 3.45. The van der Waals surface area contributed by atoms with Crippen LogP contribution in [0.25, 0.3) is 0 Å². The first kappa shape index (κ1) is 13.3. The molecule has 0 bridgehead atoms. The van der Waals surface area contributed by atoms with Crippen LogP contribution in [0.2, 0.25) is 0 Å². The predicted octanol–water partition coefficient (Wildman–Crippen LogP) is 3.79. The van der Waals surface area contributed by atoms with E-state index in [0.717, 1.165) is 23.8 Å². The van der Waals surface area contributed by atoms with E-state index in [1.807, 2.05) is 0 Å². The number of benzene rings is 1. The zero-order valence-corrected chi connectivity index (χ0v) is 11.5. The largest absolute Gasteiger partial charge is 0.346 e. The van der Waals surface area contributed by atoms with Crippen LogP contribution in [0.3, 0.4) is 0 Å². The fourth-order valence-electron chi connectivity index (χ4n) is 2.42. The molecule has 1 heterocycles. The van der Waals surface area contributed by atoms with E-state index in [9.17, 15) is 4.39 Å². The summed E-state index contributed by atoms with van der Waals surface area (Å²) in [7, 11) is 0. The molecular weight excluding hydrogens is 247 g/mol. The molecule has 0 amide bonds. The maximum atomic E-state index is 12.8. The van der Waals surface area contributed by atoms with E-state index in [1.165, 1.54) is 31.4 Å². The van der Waals surface area contributed by atoms with Gasteiger partial charge in [-0.3, -0.25) is 0 Å². The molecule has 1 fully saturated rings. The van der Waals surface area contributed by atoms with Crippen molar-refractivity contribution in [2.24, 2.45) is 0 Å². The zero-order chi connectivity index (χ0) is 13.0. The van der Waals surface area contributed by atoms with Gasteiger partial charge in [-0.15, -0.1) is 0 Å². The smallest absolute Gasteiger partial charge is 0.173 e. The van der Waals surface area contributed by atoms with Gasteiger partial charge in [0.25, 0.3) is 0 Å². The molecule has 2 rings (SSSR count). The van der Waals surface area contributed by atoms with Crippen LogP contribution < -0.4 is 5.32 Å². The molecule has 18 heavy (non-hydrogen) atoms. The first-order valence-corrected chi connectivity index (χ1v) is 6.94. The van der Waals surface area contributed by atoms with Crippen molar-refractivity contribution in [1.29, 1.82) is 0 Å². The monoisotopic (exact) mass is 266 g/mol. The highest BCUT2D eigenvalue weighted by atomic mass is 32.1. The third kappa shape index (κ3) is 3.19. The Morgan fingerprint density at radius 1 is 1.39 bits per heavy atom. The average Bonchev–Trinajstić information content (AvgIpc) is 2.41. The molecule has 1 N–H and O–H groups in total. The van der Waals surface area contributed by atoms with Gasteiger partial charge >= 0.3 is 0 Å². The Morgan fingerprint density at radius 2 is 2.11 bits per heavy atom. The molecule has 0 unspecified atom stereocenters. The fraction of sp³-hybridized carbons (Fsp3) is 0.500. The summed E-state index contributed by atoms with van der Waals surface area (Å²) in [5.74, 6) is -0.226. The minimum absolute atomic E-state index is 0.226. The summed E-state index contributed by atoms with van der Waals surface area (Å²) < 4.78 is 12.8. The lowest BCUT2D eigenvalue weighted by molar-refractivity contribution is 0.239. The van der Waals surface area contributed by atoms with Crippen LogP contribution in [0, 0.1) is 5.82 Å². The summed E-state index contributed by atoms with van der Waals surface area (Å²) in [5, 5.41) is 3.95. The summed E-state index contributed by atoms with van der Waals surface area (Å²) in [5.41, 5.74) is 0.849. The Balaban J connectivity index is 2.00. The molecule has 0 aliphatic carbocycles. The molecule has 98 valence electrons. The fourth-order valence-corrected chi connectivity index (χ4v) is 2.78. The van der Waals surface area contributed by atoms with Gasteiger partial charge < -0.3 is 10.2 Å². The quantitative estimate of drug-likeness (QED) is 0.820. The van der Waals surface area contributed by atoms with Crippen molar-refractivity contribution in [3.63, 3.8) is 0 Å². The lowest BCUT2D eigenvalue weighted by atomic mass is 10.0. The number of nitrogens with zero attached hydrogens (tertiary/aromatic N) is 1. The molecular formula is C14H19FN2S. The summed E-state index contributed by atoms with van der Waals surface area (Å²) in [6.45, 7) is 3.22. The van der Waals surface area contributed by atoms with Crippen molar-refractivity contribution < 1.29 is 4.39 Å². The van der Waals surface area contributed by atoms with Crippen molar-refractivity contribution in [2.75, 3.05) is 11.9 Å². The van der Waals surface area contributed by atoms with Gasteiger partial charge in [0, 0.05) is 18.3 Å². The van der Waals surface area contributed by atoms with Crippen LogP contribution in [0.15, 0.2) is 24.3 Å². The Morgan fingerprint density at radius 3 is 2.78 bits per heavy atom. The van der Waals surface area contributed by atoms with Crippen LogP contribution >= 0.6 is 12.2 Å². The minimum atomic E-state index is -0.226. The maximum absolute atomic E-state index is 12.8. The summed E-state index contributed by atoms with van der Waals surface area (Å²) in [6, 6.07) is 6.86. The first-order chi connectivity index (χ1) is 8.70. The molecule has 1 aromatic carbocycles. The van der Waals surface area contributed by atoms with Gasteiger partial charge in [0.05, 0.1) is 0 Å². The number of rotatable bonds is 2. The molecule has 1 aliphatic rings. The van der Waals surface area contributed by atoms with E-state index in [2.05, 4.69) is 17.1 Å². The minimum Gasteiger partial charge on any atom is -0.346 e. The number of hydrogen-bond donors (Lipinski definition) is 1. The second-order valence-corrected chi connectivity index (χ2v) is 5.07. The highest BCUT2D eigenvalue weighted by Crippen LogP contribution is 2.21. The van der Waals surface area contributed by atoms with E-state index in [4.69, 9.17) is 12.2 Å². The van der Waals surface area contributed by atoms with Crippen LogP contribution in [0.5, 0.6) is 0 Å². The maximum Gasteiger partial charge on any atom is 0.173 e. The number of nitrogens with one attached hydrogen (secondary N) is 1. The lowest BCUT2D eigenvalue weighted by Gasteiger charge is -2.37. The van der Waals surface area contributed by atoms with Gasteiger partial charge in [-0.25, -0.2) is 4.39 Å². The topological polar surface area (TPSA) is 15.3 Å². The Bertz CT molecular complexity index is 405. The highest BCUT2D eigenvalue weighted by Gasteiger charge is 2.22. The number of hydrogen-bond acceptors (Lipinski definition) is 1. The third-order valence-corrected chi connectivity index (χ3v) is 3.79. The lowest BCUT2D eigenvalue weighted by Crippen LogP contribution is -2.45. The molecule has 2 nitrogen and oxygen atoms in total. The summed E-state index contributed by atoms with van der Waals surface area (Å²) in [6.07, 6.45) is 4.81. The predicted molar refractivity (Wildman–Crippen MR) is 77.3 cm³/mol. The van der Waals surface area contributed by atoms with Crippen molar-refractivity contribution >= 4 is 23.0 Å². The van der Waals surface area contributed by atoms with Crippen molar-refractivity contribution in [3.05, 3.63) is 30.1 Å². The zero-order valence-electron chi connectivity index (χ0n) is 10.7. The van der Waals surface area contributed by atoms with E-state index in [-0.39, 0.29) is 5.82 Å². The highest BCUT2D eigenvalue weighted by molar-refractivity contribution is 7.80. The van der Waals surface area contributed by atoms with Gasteiger partial charge in [-0.2, -0.15) is 0 Å². The first-order valence-electron chi connectivity index (χ1n) is 6.54. The molecule has 4 heteroatoms. The van der Waals surface area contributed by atoms with Crippen LogP contribution in [-0.4, -0.2) is 22.6 Å².